The number of amides is 1. The van der Waals surface area contributed by atoms with Crippen LogP contribution in [-0.2, 0) is 14.8 Å². The maximum atomic E-state index is 12.6. The average molecular weight is 413 g/mol. The quantitative estimate of drug-likeness (QED) is 0.729. The topological polar surface area (TPSA) is 116 Å². The Morgan fingerprint density at radius 2 is 1.79 bits per heavy atom. The molecule has 24 heavy (non-hydrogen) atoms. The lowest BCUT2D eigenvalue weighted by Gasteiger charge is -2.13. The second kappa shape index (κ2) is 7.02. The third kappa shape index (κ3) is 3.74. The Bertz CT molecular complexity index is 912. The molecular weight excluding hydrogens is 400 g/mol. The maximum Gasteiger partial charge on any atom is 0.339 e. The van der Waals surface area contributed by atoms with Gasteiger partial charge in [-0.3, -0.25) is 9.52 Å². The first-order chi connectivity index (χ1) is 11.3. The summed E-state index contributed by atoms with van der Waals surface area (Å²) in [4.78, 5) is 23.0. The van der Waals surface area contributed by atoms with Crippen LogP contribution >= 0.6 is 15.9 Å². The molecule has 2 rings (SSSR count). The van der Waals surface area contributed by atoms with Crippen molar-refractivity contribution < 1.29 is 22.7 Å². The second-order valence-corrected chi connectivity index (χ2v) is 7.21. The van der Waals surface area contributed by atoms with Crippen LogP contribution in [0.2, 0.25) is 0 Å². The first-order valence-corrected chi connectivity index (χ1v) is 8.83. The van der Waals surface area contributed by atoms with E-state index in [1.54, 1.807) is 12.1 Å². The standard InChI is InChI=1S/C15H13BrN2O5S/c1-23-15(20)11-8-9(16)6-7-13(11)24(21,22)18-12-5-3-2-4-10(12)14(17)19/h2-8,18H,1H3,(H2,17,19). The number of benzene rings is 2. The number of anilines is 1. The van der Waals surface area contributed by atoms with Gasteiger partial charge in [0.1, 0.15) is 4.90 Å². The van der Waals surface area contributed by atoms with Crippen molar-refractivity contribution in [2.75, 3.05) is 11.8 Å². The van der Waals surface area contributed by atoms with Crippen LogP contribution < -0.4 is 10.5 Å². The van der Waals surface area contributed by atoms with Crippen molar-refractivity contribution in [1.82, 2.24) is 0 Å². The number of halogens is 1. The molecule has 0 atom stereocenters. The van der Waals surface area contributed by atoms with Crippen LogP contribution in [0.5, 0.6) is 0 Å². The van der Waals surface area contributed by atoms with Gasteiger partial charge in [0.05, 0.1) is 23.9 Å². The lowest BCUT2D eigenvalue weighted by molar-refractivity contribution is 0.0596. The molecule has 1 amide bonds. The normalized spacial score (nSPS) is 10.9. The van der Waals surface area contributed by atoms with Crippen LogP contribution in [0.15, 0.2) is 51.8 Å². The molecule has 0 aromatic heterocycles. The lowest BCUT2D eigenvalue weighted by atomic mass is 10.2. The van der Waals surface area contributed by atoms with Crippen LogP contribution in [0, 0.1) is 0 Å². The number of rotatable bonds is 5. The highest BCUT2D eigenvalue weighted by atomic mass is 79.9. The number of primary amides is 1. The van der Waals surface area contributed by atoms with E-state index < -0.39 is 21.9 Å². The first-order valence-electron chi connectivity index (χ1n) is 6.56. The molecule has 0 bridgehead atoms. The Morgan fingerprint density at radius 1 is 1.12 bits per heavy atom. The minimum absolute atomic E-state index is 0.0119. The van der Waals surface area contributed by atoms with Crippen molar-refractivity contribution in [3.8, 4) is 0 Å². The van der Waals surface area contributed by atoms with Gasteiger partial charge in [0.2, 0.25) is 0 Å². The van der Waals surface area contributed by atoms with E-state index in [1.165, 1.54) is 30.3 Å². The van der Waals surface area contributed by atoms with Crippen molar-refractivity contribution in [3.63, 3.8) is 0 Å². The maximum absolute atomic E-state index is 12.6. The molecule has 2 aromatic rings. The minimum atomic E-state index is -4.15. The summed E-state index contributed by atoms with van der Waals surface area (Å²) in [7, 11) is -3.00. The van der Waals surface area contributed by atoms with Gasteiger partial charge >= 0.3 is 5.97 Å². The molecule has 0 heterocycles. The van der Waals surface area contributed by atoms with E-state index in [1.807, 2.05) is 0 Å². The monoisotopic (exact) mass is 412 g/mol. The Morgan fingerprint density at radius 3 is 2.42 bits per heavy atom. The molecule has 0 aliphatic carbocycles. The molecular formula is C15H13BrN2O5S. The smallest absolute Gasteiger partial charge is 0.339 e. The fourth-order valence-electron chi connectivity index (χ4n) is 1.99. The van der Waals surface area contributed by atoms with Gasteiger partial charge in [0.15, 0.2) is 0 Å². The van der Waals surface area contributed by atoms with Gasteiger partial charge in [-0.05, 0) is 30.3 Å². The molecule has 0 fully saturated rings. The summed E-state index contributed by atoms with van der Waals surface area (Å²) in [6.45, 7) is 0. The SMILES string of the molecule is COC(=O)c1cc(Br)ccc1S(=O)(=O)Nc1ccccc1C(N)=O. The highest BCUT2D eigenvalue weighted by Gasteiger charge is 2.24. The predicted molar refractivity (Wildman–Crippen MR) is 91.2 cm³/mol. The van der Waals surface area contributed by atoms with Crippen molar-refractivity contribution in [2.24, 2.45) is 5.73 Å². The van der Waals surface area contributed by atoms with Crippen LogP contribution in [0.3, 0.4) is 0 Å². The lowest BCUT2D eigenvalue weighted by Crippen LogP contribution is -2.20. The first kappa shape index (κ1) is 18.0. The Labute approximate surface area is 147 Å². The number of carbonyl (C=O) groups excluding carboxylic acids is 2. The number of nitrogens with one attached hydrogen (secondary N) is 1. The van der Waals surface area contributed by atoms with E-state index in [4.69, 9.17) is 5.73 Å². The number of ether oxygens (including phenoxy) is 1. The number of methoxy groups -OCH3 is 1. The second-order valence-electron chi connectivity index (χ2n) is 4.65. The molecule has 0 radical (unpaired) electrons. The van der Waals surface area contributed by atoms with E-state index in [-0.39, 0.29) is 21.7 Å². The highest BCUT2D eigenvalue weighted by molar-refractivity contribution is 9.10. The average Bonchev–Trinajstić information content (AvgIpc) is 2.53. The molecule has 9 heteroatoms. The molecule has 7 nitrogen and oxygen atoms in total. The van der Waals surface area contributed by atoms with Gasteiger partial charge in [-0.1, -0.05) is 28.1 Å². The van der Waals surface area contributed by atoms with Crippen LogP contribution in [0.4, 0.5) is 5.69 Å². The van der Waals surface area contributed by atoms with Crippen molar-refractivity contribution in [2.45, 2.75) is 4.90 Å². The van der Waals surface area contributed by atoms with E-state index in [9.17, 15) is 18.0 Å². The van der Waals surface area contributed by atoms with E-state index >= 15 is 0 Å². The summed E-state index contributed by atoms with van der Waals surface area (Å²) in [5.41, 5.74) is 5.12. The van der Waals surface area contributed by atoms with Crippen LogP contribution in [0.1, 0.15) is 20.7 Å². The number of nitrogens with two attached hydrogens (primary N) is 1. The number of esters is 1. The fraction of sp³-hybridized carbons (Fsp3) is 0.0667. The Kier molecular flexibility index (Phi) is 5.25. The number of hydrogen-bond acceptors (Lipinski definition) is 5. The molecule has 0 aliphatic rings. The largest absolute Gasteiger partial charge is 0.465 e. The molecule has 0 saturated carbocycles. The zero-order chi connectivity index (χ0) is 17.9. The molecule has 126 valence electrons. The summed E-state index contributed by atoms with van der Waals surface area (Å²) in [6.07, 6.45) is 0. The predicted octanol–water partition coefficient (Wildman–Crippen LogP) is 2.14. The van der Waals surface area contributed by atoms with Gasteiger partial charge < -0.3 is 10.5 Å². The Hall–Kier alpha value is -2.39. The van der Waals surface area contributed by atoms with Gasteiger partial charge in [-0.25, -0.2) is 13.2 Å². The number of para-hydroxylation sites is 1. The fourth-order valence-corrected chi connectivity index (χ4v) is 3.61. The summed E-state index contributed by atoms with van der Waals surface area (Å²) < 4.78 is 32.7. The summed E-state index contributed by atoms with van der Waals surface area (Å²) in [5, 5.41) is 0. The zero-order valence-electron chi connectivity index (χ0n) is 12.4. The molecule has 0 unspecified atom stereocenters. The molecule has 0 saturated heterocycles. The third-order valence-corrected chi connectivity index (χ3v) is 4.99. The number of carbonyl (C=O) groups is 2. The highest BCUT2D eigenvalue weighted by Crippen LogP contribution is 2.25. The van der Waals surface area contributed by atoms with Gasteiger partial charge in [-0.15, -0.1) is 0 Å². The number of hydrogen-bond donors (Lipinski definition) is 2. The van der Waals surface area contributed by atoms with Gasteiger partial charge in [0.25, 0.3) is 15.9 Å². The van der Waals surface area contributed by atoms with Crippen LogP contribution in [0.25, 0.3) is 0 Å². The molecule has 0 aliphatic heterocycles. The summed E-state index contributed by atoms with van der Waals surface area (Å²) in [6, 6.07) is 9.95. The van der Waals surface area contributed by atoms with Gasteiger partial charge in [0, 0.05) is 4.47 Å². The summed E-state index contributed by atoms with van der Waals surface area (Å²) in [5.74, 6) is -1.59. The molecule has 0 spiro atoms. The van der Waals surface area contributed by atoms with Crippen molar-refractivity contribution in [3.05, 3.63) is 58.1 Å². The molecule has 3 N–H and O–H groups in total. The minimum Gasteiger partial charge on any atom is -0.465 e. The Balaban J connectivity index is 2.53. The summed E-state index contributed by atoms with van der Waals surface area (Å²) >= 11 is 3.17. The van der Waals surface area contributed by atoms with Crippen molar-refractivity contribution >= 4 is 43.5 Å². The van der Waals surface area contributed by atoms with Crippen LogP contribution in [-0.4, -0.2) is 27.4 Å². The van der Waals surface area contributed by atoms with E-state index in [0.717, 1.165) is 7.11 Å². The van der Waals surface area contributed by atoms with Gasteiger partial charge in [-0.2, -0.15) is 0 Å². The van der Waals surface area contributed by atoms with Crippen molar-refractivity contribution in [1.29, 1.82) is 0 Å². The zero-order valence-corrected chi connectivity index (χ0v) is 14.8. The number of sulfonamides is 1. The third-order valence-electron chi connectivity index (χ3n) is 3.07. The molecule has 2 aromatic carbocycles. The van der Waals surface area contributed by atoms with E-state index in [2.05, 4.69) is 25.4 Å². The van der Waals surface area contributed by atoms with E-state index in [0.29, 0.717) is 4.47 Å².